The summed E-state index contributed by atoms with van der Waals surface area (Å²) in [5.41, 5.74) is 4.46. The number of hydrogen-bond acceptors (Lipinski definition) is 4. The van der Waals surface area contributed by atoms with Crippen molar-refractivity contribution in [1.29, 1.82) is 0 Å². The number of hydrogen-bond donors (Lipinski definition) is 2. The number of sulfonamides is 1. The Morgan fingerprint density at radius 1 is 1.33 bits per heavy atom. The van der Waals surface area contributed by atoms with Crippen LogP contribution in [0.15, 0.2) is 18.2 Å². The molecule has 0 aromatic heterocycles. The fourth-order valence-corrected chi connectivity index (χ4v) is 2.28. The number of nitrogen functional groups attached to an aromatic ring is 1. The zero-order valence-corrected chi connectivity index (χ0v) is 12.6. The zero-order chi connectivity index (χ0) is 16.3. The predicted octanol–water partition coefficient (Wildman–Crippen LogP) is 1.66. The van der Waals surface area contributed by atoms with Gasteiger partial charge in [0.25, 0.3) is 0 Å². The first kappa shape index (κ1) is 17.6. The molecule has 3 N–H and O–H groups in total. The van der Waals surface area contributed by atoms with Gasteiger partial charge >= 0.3 is 6.18 Å². The Balaban J connectivity index is 2.91. The minimum Gasteiger partial charge on any atom is -0.398 e. The molecular weight excluding hydrogens is 307 g/mol. The largest absolute Gasteiger partial charge is 0.418 e. The molecule has 9 heteroatoms. The summed E-state index contributed by atoms with van der Waals surface area (Å²) in [6, 6.07) is 3.65. The van der Waals surface area contributed by atoms with Gasteiger partial charge in [0.1, 0.15) is 0 Å². The van der Waals surface area contributed by atoms with Crippen LogP contribution in [0.2, 0.25) is 0 Å². The molecule has 0 atom stereocenters. The van der Waals surface area contributed by atoms with Crippen LogP contribution in [0.3, 0.4) is 0 Å². The van der Waals surface area contributed by atoms with E-state index in [0.29, 0.717) is 12.2 Å². The van der Waals surface area contributed by atoms with E-state index in [-0.39, 0.29) is 18.8 Å². The molecule has 0 heterocycles. The SMILES string of the molecule is CCN(CCNS(C)(=O)=O)c1ccc(N)c(C(F)(F)F)c1. The molecule has 0 spiro atoms. The van der Waals surface area contributed by atoms with E-state index in [2.05, 4.69) is 4.72 Å². The minimum absolute atomic E-state index is 0.110. The van der Waals surface area contributed by atoms with Gasteiger partial charge in [-0.3, -0.25) is 0 Å². The summed E-state index contributed by atoms with van der Waals surface area (Å²) in [6.07, 6.45) is -3.50. The second-order valence-electron chi connectivity index (χ2n) is 4.52. The third-order valence-electron chi connectivity index (χ3n) is 2.84. The lowest BCUT2D eigenvalue weighted by molar-refractivity contribution is -0.136. The Kier molecular flexibility index (Phi) is 5.46. The van der Waals surface area contributed by atoms with E-state index in [1.54, 1.807) is 11.8 Å². The second-order valence-corrected chi connectivity index (χ2v) is 6.35. The summed E-state index contributed by atoms with van der Waals surface area (Å²) < 4.78 is 62.7. The Labute approximate surface area is 122 Å². The van der Waals surface area contributed by atoms with Crippen LogP contribution in [0, 0.1) is 0 Å². The van der Waals surface area contributed by atoms with Crippen molar-refractivity contribution in [2.75, 3.05) is 36.5 Å². The molecule has 0 aliphatic carbocycles. The lowest BCUT2D eigenvalue weighted by atomic mass is 10.1. The highest BCUT2D eigenvalue weighted by Crippen LogP contribution is 2.35. The van der Waals surface area contributed by atoms with Crippen LogP contribution in [-0.4, -0.2) is 34.3 Å². The van der Waals surface area contributed by atoms with Crippen molar-refractivity contribution in [3.05, 3.63) is 23.8 Å². The molecule has 0 saturated carbocycles. The monoisotopic (exact) mass is 325 g/mol. The van der Waals surface area contributed by atoms with Crippen LogP contribution in [0.4, 0.5) is 24.5 Å². The lowest BCUT2D eigenvalue weighted by Crippen LogP contribution is -2.34. The van der Waals surface area contributed by atoms with Crippen molar-refractivity contribution in [1.82, 2.24) is 4.72 Å². The first-order valence-corrected chi connectivity index (χ1v) is 8.10. The fourth-order valence-electron chi connectivity index (χ4n) is 1.82. The molecule has 0 unspecified atom stereocenters. The Hall–Kier alpha value is -1.48. The maximum absolute atomic E-state index is 12.8. The smallest absolute Gasteiger partial charge is 0.398 e. The van der Waals surface area contributed by atoms with E-state index < -0.39 is 21.8 Å². The van der Waals surface area contributed by atoms with E-state index in [1.807, 2.05) is 0 Å². The molecule has 1 aromatic rings. The highest BCUT2D eigenvalue weighted by molar-refractivity contribution is 7.88. The number of nitrogens with two attached hydrogens (primary N) is 1. The average molecular weight is 325 g/mol. The number of nitrogens with zero attached hydrogens (tertiary/aromatic N) is 1. The normalized spacial score (nSPS) is 12.4. The molecule has 0 amide bonds. The quantitative estimate of drug-likeness (QED) is 0.780. The molecule has 0 saturated heterocycles. The number of benzene rings is 1. The molecule has 1 aromatic carbocycles. The summed E-state index contributed by atoms with van der Waals surface area (Å²) in [7, 11) is -3.32. The Morgan fingerprint density at radius 2 is 1.95 bits per heavy atom. The van der Waals surface area contributed by atoms with Gasteiger partial charge in [0, 0.05) is 31.0 Å². The van der Waals surface area contributed by atoms with E-state index in [1.165, 1.54) is 12.1 Å². The van der Waals surface area contributed by atoms with Crippen LogP contribution >= 0.6 is 0 Å². The number of halogens is 3. The van der Waals surface area contributed by atoms with Crippen molar-refractivity contribution in [2.24, 2.45) is 0 Å². The predicted molar refractivity (Wildman–Crippen MR) is 76.6 cm³/mol. The minimum atomic E-state index is -4.52. The lowest BCUT2D eigenvalue weighted by Gasteiger charge is -2.24. The molecule has 0 radical (unpaired) electrons. The van der Waals surface area contributed by atoms with Gasteiger partial charge in [-0.25, -0.2) is 13.1 Å². The molecule has 120 valence electrons. The molecule has 0 aliphatic heterocycles. The van der Waals surface area contributed by atoms with Crippen LogP contribution in [0.1, 0.15) is 12.5 Å². The van der Waals surface area contributed by atoms with E-state index >= 15 is 0 Å². The molecule has 0 aliphatic rings. The fraction of sp³-hybridized carbons (Fsp3) is 0.500. The molecule has 21 heavy (non-hydrogen) atoms. The van der Waals surface area contributed by atoms with Crippen molar-refractivity contribution in [3.8, 4) is 0 Å². The Bertz CT molecular complexity index is 588. The van der Waals surface area contributed by atoms with Crippen molar-refractivity contribution < 1.29 is 21.6 Å². The van der Waals surface area contributed by atoms with Crippen LogP contribution in [-0.2, 0) is 16.2 Å². The van der Waals surface area contributed by atoms with Gasteiger partial charge in [-0.15, -0.1) is 0 Å². The van der Waals surface area contributed by atoms with Gasteiger partial charge in [-0.1, -0.05) is 0 Å². The molecular formula is C12H18F3N3O2S. The average Bonchev–Trinajstić information content (AvgIpc) is 2.33. The van der Waals surface area contributed by atoms with E-state index in [4.69, 9.17) is 5.73 Å². The van der Waals surface area contributed by atoms with Gasteiger partial charge in [0.15, 0.2) is 0 Å². The summed E-state index contributed by atoms with van der Waals surface area (Å²) in [4.78, 5) is 1.63. The van der Waals surface area contributed by atoms with Gasteiger partial charge in [-0.2, -0.15) is 13.2 Å². The number of alkyl halides is 3. The number of likely N-dealkylation sites (N-methyl/N-ethyl adjacent to an activating group) is 1. The van der Waals surface area contributed by atoms with Crippen LogP contribution in [0.5, 0.6) is 0 Å². The third-order valence-corrected chi connectivity index (χ3v) is 3.56. The van der Waals surface area contributed by atoms with E-state index in [9.17, 15) is 21.6 Å². The number of anilines is 2. The van der Waals surface area contributed by atoms with Crippen molar-refractivity contribution >= 4 is 21.4 Å². The standard InChI is InChI=1S/C12H18F3N3O2S/c1-3-18(7-6-17-21(2,19)20)9-4-5-11(16)10(8-9)12(13,14)15/h4-5,8,17H,3,6-7,16H2,1-2H3. The van der Waals surface area contributed by atoms with Gasteiger partial charge < -0.3 is 10.6 Å². The van der Waals surface area contributed by atoms with Crippen molar-refractivity contribution in [3.63, 3.8) is 0 Å². The topological polar surface area (TPSA) is 75.4 Å². The first-order valence-electron chi connectivity index (χ1n) is 6.21. The highest BCUT2D eigenvalue weighted by Gasteiger charge is 2.33. The van der Waals surface area contributed by atoms with Crippen LogP contribution < -0.4 is 15.4 Å². The summed E-state index contributed by atoms with van der Waals surface area (Å²) in [5, 5.41) is 0. The molecule has 0 fully saturated rings. The molecule has 0 bridgehead atoms. The molecule has 1 rings (SSSR count). The number of rotatable bonds is 6. The highest BCUT2D eigenvalue weighted by atomic mass is 32.2. The maximum atomic E-state index is 12.8. The Morgan fingerprint density at radius 3 is 2.43 bits per heavy atom. The van der Waals surface area contributed by atoms with Crippen molar-refractivity contribution in [2.45, 2.75) is 13.1 Å². The third kappa shape index (κ3) is 5.43. The maximum Gasteiger partial charge on any atom is 0.418 e. The van der Waals surface area contributed by atoms with E-state index in [0.717, 1.165) is 12.3 Å². The summed E-state index contributed by atoms with van der Waals surface area (Å²) >= 11 is 0. The van der Waals surface area contributed by atoms with Gasteiger partial charge in [0.05, 0.1) is 11.8 Å². The van der Waals surface area contributed by atoms with Gasteiger partial charge in [-0.05, 0) is 25.1 Å². The molecule has 5 nitrogen and oxygen atoms in total. The first-order chi connectivity index (χ1) is 9.54. The van der Waals surface area contributed by atoms with Crippen LogP contribution in [0.25, 0.3) is 0 Å². The number of nitrogens with one attached hydrogen (secondary N) is 1. The van der Waals surface area contributed by atoms with Gasteiger partial charge in [0.2, 0.25) is 10.0 Å². The summed E-state index contributed by atoms with van der Waals surface area (Å²) in [6.45, 7) is 2.57. The second kappa shape index (κ2) is 6.52. The summed E-state index contributed by atoms with van der Waals surface area (Å²) in [5.74, 6) is 0. The zero-order valence-electron chi connectivity index (χ0n) is 11.7.